The summed E-state index contributed by atoms with van der Waals surface area (Å²) >= 11 is 0. The SMILES string of the molecule is CN(C)c1ncnc2c1nc1n2[C@@H]2O[C@H](CO1)[C@H]1OC(C)(C)O[C@H]12. The molecule has 2 fully saturated rings. The molecule has 5 heterocycles. The van der Waals surface area contributed by atoms with Crippen molar-refractivity contribution in [3.8, 4) is 6.01 Å². The maximum Gasteiger partial charge on any atom is 0.301 e. The Morgan fingerprint density at radius 1 is 1.21 bits per heavy atom. The van der Waals surface area contributed by atoms with Gasteiger partial charge in [0.25, 0.3) is 0 Å². The second-order valence-electron chi connectivity index (χ2n) is 6.97. The van der Waals surface area contributed by atoms with Crippen LogP contribution >= 0.6 is 0 Å². The lowest BCUT2D eigenvalue weighted by Gasteiger charge is -2.22. The summed E-state index contributed by atoms with van der Waals surface area (Å²) in [4.78, 5) is 15.2. The maximum absolute atomic E-state index is 6.15. The molecule has 3 aliphatic heterocycles. The van der Waals surface area contributed by atoms with Crippen molar-refractivity contribution in [3.05, 3.63) is 6.33 Å². The molecule has 0 aromatic carbocycles. The van der Waals surface area contributed by atoms with Crippen LogP contribution in [0.4, 0.5) is 5.82 Å². The van der Waals surface area contributed by atoms with Crippen molar-refractivity contribution in [2.75, 3.05) is 25.6 Å². The van der Waals surface area contributed by atoms with E-state index in [0.29, 0.717) is 23.8 Å². The zero-order chi connectivity index (χ0) is 16.6. The number of nitrogens with zero attached hydrogens (tertiary/aromatic N) is 5. The van der Waals surface area contributed by atoms with E-state index in [1.54, 1.807) is 0 Å². The Hall–Kier alpha value is -1.97. The smallest absolute Gasteiger partial charge is 0.301 e. The minimum Gasteiger partial charge on any atom is -0.462 e. The summed E-state index contributed by atoms with van der Waals surface area (Å²) in [6, 6.07) is 0.479. The third kappa shape index (κ3) is 1.83. The molecule has 0 unspecified atom stereocenters. The Kier molecular flexibility index (Phi) is 2.73. The van der Waals surface area contributed by atoms with Crippen molar-refractivity contribution >= 4 is 17.0 Å². The summed E-state index contributed by atoms with van der Waals surface area (Å²) in [6.45, 7) is 4.19. The predicted octanol–water partition coefficient (Wildman–Crippen LogP) is 0.702. The Balaban J connectivity index is 1.68. The number of anilines is 1. The zero-order valence-corrected chi connectivity index (χ0v) is 14.0. The fourth-order valence-corrected chi connectivity index (χ4v) is 3.69. The molecular weight excluding hydrogens is 314 g/mol. The van der Waals surface area contributed by atoms with E-state index in [-0.39, 0.29) is 24.5 Å². The number of fused-ring (bicyclic) bond motifs is 9. The zero-order valence-electron chi connectivity index (χ0n) is 14.0. The average Bonchev–Trinajstić information content (AvgIpc) is 3.08. The van der Waals surface area contributed by atoms with Crippen molar-refractivity contribution in [3.63, 3.8) is 0 Å². The molecule has 0 radical (unpaired) electrons. The highest BCUT2D eigenvalue weighted by Gasteiger charge is 2.58. The van der Waals surface area contributed by atoms with Gasteiger partial charge in [-0.25, -0.2) is 14.5 Å². The van der Waals surface area contributed by atoms with Gasteiger partial charge in [-0.15, -0.1) is 0 Å². The van der Waals surface area contributed by atoms with Gasteiger partial charge < -0.3 is 23.8 Å². The molecule has 2 aromatic rings. The highest BCUT2D eigenvalue weighted by Crippen LogP contribution is 2.47. The minimum absolute atomic E-state index is 0.161. The summed E-state index contributed by atoms with van der Waals surface area (Å²) in [5, 5.41) is 0. The number of hydrogen-bond acceptors (Lipinski definition) is 8. The van der Waals surface area contributed by atoms with Gasteiger partial charge in [0.15, 0.2) is 29.0 Å². The van der Waals surface area contributed by atoms with Crippen LogP contribution in [-0.4, -0.2) is 64.3 Å². The second kappa shape index (κ2) is 4.56. The molecule has 2 bridgehead atoms. The van der Waals surface area contributed by atoms with E-state index in [1.165, 1.54) is 6.33 Å². The first kappa shape index (κ1) is 14.4. The fraction of sp³-hybridized carbons (Fsp3) is 0.667. The predicted molar refractivity (Wildman–Crippen MR) is 82.9 cm³/mol. The summed E-state index contributed by atoms with van der Waals surface area (Å²) in [5.41, 5.74) is 1.35. The van der Waals surface area contributed by atoms with E-state index < -0.39 is 5.79 Å². The van der Waals surface area contributed by atoms with Crippen molar-refractivity contribution in [1.82, 2.24) is 19.5 Å². The van der Waals surface area contributed by atoms with Gasteiger partial charge in [-0.05, 0) is 13.8 Å². The quantitative estimate of drug-likeness (QED) is 0.754. The normalized spacial score (nSPS) is 33.0. The van der Waals surface area contributed by atoms with E-state index in [0.717, 1.165) is 5.82 Å². The summed E-state index contributed by atoms with van der Waals surface area (Å²) in [7, 11) is 3.84. The third-order valence-corrected chi connectivity index (χ3v) is 4.61. The maximum atomic E-state index is 6.15. The molecule has 2 saturated heterocycles. The summed E-state index contributed by atoms with van der Waals surface area (Å²) < 4.78 is 26.0. The molecule has 3 aliphatic rings. The number of hydrogen-bond donors (Lipinski definition) is 0. The first-order valence-corrected chi connectivity index (χ1v) is 7.99. The summed E-state index contributed by atoms with van der Waals surface area (Å²) in [5.74, 6) is 0.0968. The van der Waals surface area contributed by atoms with Crippen molar-refractivity contribution < 1.29 is 18.9 Å². The molecule has 5 rings (SSSR count). The molecular formula is C15H19N5O4. The van der Waals surface area contributed by atoms with Crippen LogP contribution in [0.2, 0.25) is 0 Å². The van der Waals surface area contributed by atoms with E-state index in [4.69, 9.17) is 18.9 Å². The molecule has 0 saturated carbocycles. The molecule has 9 nitrogen and oxygen atoms in total. The van der Waals surface area contributed by atoms with Gasteiger partial charge in [0.1, 0.15) is 31.2 Å². The Labute approximate surface area is 138 Å². The van der Waals surface area contributed by atoms with Crippen LogP contribution in [0.1, 0.15) is 20.1 Å². The van der Waals surface area contributed by atoms with Gasteiger partial charge in [-0.3, -0.25) is 0 Å². The van der Waals surface area contributed by atoms with Crippen LogP contribution in [0.3, 0.4) is 0 Å². The molecule has 2 aromatic heterocycles. The molecule has 9 heteroatoms. The fourth-order valence-electron chi connectivity index (χ4n) is 3.69. The van der Waals surface area contributed by atoms with Gasteiger partial charge >= 0.3 is 6.01 Å². The highest BCUT2D eigenvalue weighted by atomic mass is 16.8. The minimum atomic E-state index is -0.639. The van der Waals surface area contributed by atoms with E-state index in [2.05, 4.69) is 15.0 Å². The van der Waals surface area contributed by atoms with Gasteiger partial charge in [-0.2, -0.15) is 4.98 Å². The van der Waals surface area contributed by atoms with Crippen molar-refractivity contribution in [2.24, 2.45) is 0 Å². The molecule has 24 heavy (non-hydrogen) atoms. The number of aromatic nitrogens is 4. The molecule has 0 amide bonds. The average molecular weight is 333 g/mol. The lowest BCUT2D eigenvalue weighted by Crippen LogP contribution is -2.34. The Bertz CT molecular complexity index is 820. The highest BCUT2D eigenvalue weighted by molar-refractivity contribution is 5.84. The van der Waals surface area contributed by atoms with Crippen LogP contribution < -0.4 is 9.64 Å². The van der Waals surface area contributed by atoms with Gasteiger partial charge in [0.05, 0.1) is 0 Å². The monoisotopic (exact) mass is 333 g/mol. The van der Waals surface area contributed by atoms with Crippen molar-refractivity contribution in [2.45, 2.75) is 44.2 Å². The molecule has 0 spiro atoms. The molecule has 0 N–H and O–H groups in total. The topological polar surface area (TPSA) is 83.8 Å². The van der Waals surface area contributed by atoms with Crippen LogP contribution in [0.5, 0.6) is 6.01 Å². The third-order valence-electron chi connectivity index (χ3n) is 4.61. The second-order valence-corrected chi connectivity index (χ2v) is 6.97. The lowest BCUT2D eigenvalue weighted by molar-refractivity contribution is -0.195. The first-order valence-electron chi connectivity index (χ1n) is 7.99. The lowest BCUT2D eigenvalue weighted by atomic mass is 10.1. The van der Waals surface area contributed by atoms with Crippen LogP contribution in [0.15, 0.2) is 6.33 Å². The van der Waals surface area contributed by atoms with Gasteiger partial charge in [0, 0.05) is 14.1 Å². The molecule has 4 atom stereocenters. The van der Waals surface area contributed by atoms with Crippen LogP contribution in [0, 0.1) is 0 Å². The van der Waals surface area contributed by atoms with E-state index >= 15 is 0 Å². The van der Waals surface area contributed by atoms with E-state index in [1.807, 2.05) is 37.4 Å². The first-order chi connectivity index (χ1) is 11.4. The van der Waals surface area contributed by atoms with E-state index in [9.17, 15) is 0 Å². The molecule has 0 aliphatic carbocycles. The van der Waals surface area contributed by atoms with Gasteiger partial charge in [0.2, 0.25) is 0 Å². The molecule has 128 valence electrons. The van der Waals surface area contributed by atoms with Crippen LogP contribution in [-0.2, 0) is 14.2 Å². The van der Waals surface area contributed by atoms with Crippen molar-refractivity contribution in [1.29, 1.82) is 0 Å². The number of imidazole rings is 1. The standard InChI is InChI=1S/C15H19N5O4/c1-15(2)23-9-7-5-21-14-18-8-11(19(3)4)16-6-17-12(8)20(14)13(22-7)10(9)24-15/h6-7,9-10,13H,5H2,1-4H3/t7-,9-,10-,13-/m1/s1. The largest absolute Gasteiger partial charge is 0.462 e. The summed E-state index contributed by atoms with van der Waals surface area (Å²) in [6.07, 6.45) is 0.577. The van der Waals surface area contributed by atoms with Crippen LogP contribution in [0.25, 0.3) is 11.2 Å². The Morgan fingerprint density at radius 2 is 2.00 bits per heavy atom. The number of ether oxygens (including phenoxy) is 4. The number of rotatable bonds is 1. The Morgan fingerprint density at radius 3 is 2.79 bits per heavy atom. The van der Waals surface area contributed by atoms with Gasteiger partial charge in [-0.1, -0.05) is 0 Å².